The second-order valence-electron chi connectivity index (χ2n) is 5.21. The molecule has 1 amide bonds. The molecule has 2 heterocycles. The first-order valence-corrected chi connectivity index (χ1v) is 7.86. The lowest BCUT2D eigenvalue weighted by atomic mass is 10.2. The quantitative estimate of drug-likeness (QED) is 0.619. The molecule has 0 atom stereocenters. The van der Waals surface area contributed by atoms with E-state index in [0.717, 1.165) is 16.9 Å². The summed E-state index contributed by atoms with van der Waals surface area (Å²) < 4.78 is 10.6. The summed E-state index contributed by atoms with van der Waals surface area (Å²) in [4.78, 5) is 17.9. The van der Waals surface area contributed by atoms with Crippen LogP contribution in [0.25, 0.3) is 6.08 Å². The molecule has 1 aromatic heterocycles. The van der Waals surface area contributed by atoms with Gasteiger partial charge in [0.05, 0.1) is 7.11 Å². The van der Waals surface area contributed by atoms with Crippen molar-refractivity contribution < 1.29 is 14.3 Å². The zero-order chi connectivity index (χ0) is 16.9. The van der Waals surface area contributed by atoms with Gasteiger partial charge < -0.3 is 9.47 Å². The van der Waals surface area contributed by atoms with E-state index in [9.17, 15) is 4.79 Å². The van der Waals surface area contributed by atoms with Gasteiger partial charge in [0.25, 0.3) is 11.1 Å². The SMILES string of the molecule is COc1ccc(/C=C2/OC(=S)N(CCc3ccncc3)C2=O)cc1. The lowest BCUT2D eigenvalue weighted by Crippen LogP contribution is -2.30. The van der Waals surface area contributed by atoms with E-state index >= 15 is 0 Å². The maximum absolute atomic E-state index is 12.5. The highest BCUT2D eigenvalue weighted by atomic mass is 32.1. The molecule has 5 nitrogen and oxygen atoms in total. The molecule has 1 aromatic carbocycles. The lowest BCUT2D eigenvalue weighted by Gasteiger charge is -2.11. The molecule has 0 N–H and O–H groups in total. The number of thiocarbonyl (C=S) groups is 1. The number of carbonyl (C=O) groups excluding carboxylic acids is 1. The van der Waals surface area contributed by atoms with E-state index in [4.69, 9.17) is 21.7 Å². The first kappa shape index (κ1) is 16.1. The van der Waals surface area contributed by atoms with Gasteiger partial charge in [0, 0.05) is 18.9 Å². The zero-order valence-electron chi connectivity index (χ0n) is 13.1. The summed E-state index contributed by atoms with van der Waals surface area (Å²) in [7, 11) is 1.61. The van der Waals surface area contributed by atoms with Gasteiger partial charge in [-0.2, -0.15) is 0 Å². The number of benzene rings is 1. The lowest BCUT2D eigenvalue weighted by molar-refractivity contribution is -0.122. The number of carbonyl (C=O) groups is 1. The van der Waals surface area contributed by atoms with Crippen LogP contribution in [0, 0.1) is 0 Å². The Morgan fingerprint density at radius 3 is 2.58 bits per heavy atom. The molecule has 122 valence electrons. The summed E-state index contributed by atoms with van der Waals surface area (Å²) in [6, 6.07) is 11.2. The second kappa shape index (κ2) is 7.23. The smallest absolute Gasteiger partial charge is 0.297 e. The molecule has 0 bridgehead atoms. The van der Waals surface area contributed by atoms with Gasteiger partial charge in [0.15, 0.2) is 5.76 Å². The fourth-order valence-electron chi connectivity index (χ4n) is 2.33. The van der Waals surface area contributed by atoms with Gasteiger partial charge >= 0.3 is 0 Å². The highest BCUT2D eigenvalue weighted by Crippen LogP contribution is 2.21. The van der Waals surface area contributed by atoms with Gasteiger partial charge in [0.1, 0.15) is 5.75 Å². The minimum absolute atomic E-state index is 0.189. The van der Waals surface area contributed by atoms with Gasteiger partial charge in [-0.05, 0) is 60.1 Å². The topological polar surface area (TPSA) is 51.7 Å². The van der Waals surface area contributed by atoms with Gasteiger partial charge in [0.2, 0.25) is 0 Å². The summed E-state index contributed by atoms with van der Waals surface area (Å²) in [6.07, 6.45) is 5.82. The summed E-state index contributed by atoms with van der Waals surface area (Å²) >= 11 is 5.18. The number of ether oxygens (including phenoxy) is 2. The van der Waals surface area contributed by atoms with Crippen LogP contribution in [-0.2, 0) is 16.0 Å². The predicted octanol–water partition coefficient (Wildman–Crippen LogP) is 2.82. The van der Waals surface area contributed by atoms with E-state index in [0.29, 0.717) is 13.0 Å². The molecular weight excluding hydrogens is 324 g/mol. The third-order valence-electron chi connectivity index (χ3n) is 3.66. The minimum Gasteiger partial charge on any atom is -0.497 e. The van der Waals surface area contributed by atoms with Crippen LogP contribution in [0.2, 0.25) is 0 Å². The van der Waals surface area contributed by atoms with Crippen molar-refractivity contribution in [1.82, 2.24) is 9.88 Å². The largest absolute Gasteiger partial charge is 0.497 e. The van der Waals surface area contributed by atoms with Gasteiger partial charge in [-0.1, -0.05) is 12.1 Å². The third-order valence-corrected chi connectivity index (χ3v) is 3.96. The standard InChI is InChI=1S/C18H16N2O3S/c1-22-15-4-2-14(3-5-15)12-16-17(21)20(18(24)23-16)11-8-13-6-9-19-10-7-13/h2-7,9-10,12H,8,11H2,1H3/b16-12+. The van der Waals surface area contributed by atoms with Crippen molar-refractivity contribution in [2.24, 2.45) is 0 Å². The Bertz CT molecular complexity index is 773. The van der Waals surface area contributed by atoms with E-state index < -0.39 is 0 Å². The molecule has 1 saturated heterocycles. The predicted molar refractivity (Wildman–Crippen MR) is 94.3 cm³/mol. The van der Waals surface area contributed by atoms with Crippen LogP contribution in [0.1, 0.15) is 11.1 Å². The normalized spacial score (nSPS) is 15.7. The van der Waals surface area contributed by atoms with Crippen LogP contribution in [0.5, 0.6) is 5.75 Å². The minimum atomic E-state index is -0.218. The Morgan fingerprint density at radius 2 is 1.92 bits per heavy atom. The second-order valence-corrected chi connectivity index (χ2v) is 5.56. The Labute approximate surface area is 145 Å². The molecular formula is C18H16N2O3S. The van der Waals surface area contributed by atoms with Crippen LogP contribution >= 0.6 is 12.2 Å². The van der Waals surface area contributed by atoms with Gasteiger partial charge in [-0.15, -0.1) is 0 Å². The fourth-order valence-corrected chi connectivity index (χ4v) is 2.60. The van der Waals surface area contributed by atoms with Crippen molar-refractivity contribution >= 4 is 29.4 Å². The monoisotopic (exact) mass is 340 g/mol. The van der Waals surface area contributed by atoms with E-state index in [1.165, 1.54) is 4.90 Å². The summed E-state index contributed by atoms with van der Waals surface area (Å²) in [5.41, 5.74) is 1.94. The molecule has 1 aliphatic heterocycles. The average molecular weight is 340 g/mol. The van der Waals surface area contributed by atoms with E-state index in [-0.39, 0.29) is 16.8 Å². The Kier molecular flexibility index (Phi) is 4.86. The molecule has 0 saturated carbocycles. The molecule has 24 heavy (non-hydrogen) atoms. The molecule has 0 radical (unpaired) electrons. The van der Waals surface area contributed by atoms with Crippen molar-refractivity contribution in [3.63, 3.8) is 0 Å². The number of hydrogen-bond donors (Lipinski definition) is 0. The van der Waals surface area contributed by atoms with E-state index in [1.54, 1.807) is 25.6 Å². The Balaban J connectivity index is 1.69. The summed E-state index contributed by atoms with van der Waals surface area (Å²) in [5, 5.41) is 0.189. The number of hydrogen-bond acceptors (Lipinski definition) is 5. The maximum Gasteiger partial charge on any atom is 0.297 e. The number of rotatable bonds is 5. The molecule has 0 aliphatic carbocycles. The Morgan fingerprint density at radius 1 is 1.21 bits per heavy atom. The highest BCUT2D eigenvalue weighted by Gasteiger charge is 2.32. The van der Waals surface area contributed by atoms with Crippen LogP contribution in [-0.4, -0.2) is 34.6 Å². The number of amides is 1. The van der Waals surface area contributed by atoms with Crippen LogP contribution in [0.4, 0.5) is 0 Å². The summed E-state index contributed by atoms with van der Waals surface area (Å²) in [5.74, 6) is 0.773. The maximum atomic E-state index is 12.5. The summed E-state index contributed by atoms with van der Waals surface area (Å²) in [6.45, 7) is 0.474. The third kappa shape index (κ3) is 3.60. The molecule has 6 heteroatoms. The van der Waals surface area contributed by atoms with E-state index in [2.05, 4.69) is 4.98 Å². The number of methoxy groups -OCH3 is 1. The average Bonchev–Trinajstić information content (AvgIpc) is 2.88. The van der Waals surface area contributed by atoms with Gasteiger partial charge in [-0.3, -0.25) is 14.7 Å². The first-order chi connectivity index (χ1) is 11.7. The molecule has 0 spiro atoms. The van der Waals surface area contributed by atoms with Crippen molar-refractivity contribution in [1.29, 1.82) is 0 Å². The highest BCUT2D eigenvalue weighted by molar-refractivity contribution is 7.80. The van der Waals surface area contributed by atoms with Crippen molar-refractivity contribution in [3.05, 3.63) is 65.7 Å². The van der Waals surface area contributed by atoms with Crippen molar-refractivity contribution in [2.75, 3.05) is 13.7 Å². The molecule has 1 aliphatic rings. The van der Waals surface area contributed by atoms with Crippen LogP contribution < -0.4 is 4.74 Å². The number of aromatic nitrogens is 1. The van der Waals surface area contributed by atoms with Gasteiger partial charge in [-0.25, -0.2) is 0 Å². The number of nitrogens with zero attached hydrogens (tertiary/aromatic N) is 2. The van der Waals surface area contributed by atoms with Crippen molar-refractivity contribution in [3.8, 4) is 5.75 Å². The first-order valence-electron chi connectivity index (χ1n) is 7.45. The molecule has 3 rings (SSSR count). The van der Waals surface area contributed by atoms with Crippen molar-refractivity contribution in [2.45, 2.75) is 6.42 Å². The molecule has 2 aromatic rings. The Hall–Kier alpha value is -2.73. The zero-order valence-corrected chi connectivity index (χ0v) is 14.0. The number of pyridine rings is 1. The van der Waals surface area contributed by atoms with Crippen LogP contribution in [0.3, 0.4) is 0 Å². The fraction of sp³-hybridized carbons (Fsp3) is 0.167. The van der Waals surface area contributed by atoms with E-state index in [1.807, 2.05) is 36.4 Å². The molecule has 1 fully saturated rings. The molecule has 0 unspecified atom stereocenters. The van der Waals surface area contributed by atoms with Crippen LogP contribution in [0.15, 0.2) is 54.6 Å².